The second kappa shape index (κ2) is 8.76. The highest BCUT2D eigenvalue weighted by atomic mass is 16.5. The average Bonchev–Trinajstić information content (AvgIpc) is 3.14. The number of β-amino-alcohol motifs (C(OH)–C–C–N with tert-alkyl or cyclic N) is 1. The van der Waals surface area contributed by atoms with Crippen molar-refractivity contribution in [3.05, 3.63) is 35.4 Å². The quantitative estimate of drug-likeness (QED) is 0.760. The Hall–Kier alpha value is -1.47. The number of rotatable bonds is 7. The zero-order chi connectivity index (χ0) is 17.6. The number of ether oxygens (including phenoxy) is 2. The van der Waals surface area contributed by atoms with Crippen molar-refractivity contribution < 1.29 is 19.4 Å². The molecule has 2 N–H and O–H groups in total. The number of aliphatic hydroxyl groups excluding tert-OH is 1. The molecule has 3 atom stereocenters. The van der Waals surface area contributed by atoms with E-state index in [1.807, 2.05) is 17.0 Å². The van der Waals surface area contributed by atoms with E-state index >= 15 is 0 Å². The number of carbonyl (C=O) groups excluding carboxylic acids is 1. The Morgan fingerprint density at radius 2 is 2.24 bits per heavy atom. The first kappa shape index (κ1) is 18.3. The molecule has 6 heteroatoms. The number of likely N-dealkylation sites (N-methyl/N-ethyl adjacent to an activating group) is 1. The van der Waals surface area contributed by atoms with Crippen molar-refractivity contribution in [2.24, 2.45) is 0 Å². The molecule has 25 heavy (non-hydrogen) atoms. The number of fused-ring (bicyclic) bond motifs is 1. The fraction of sp³-hybridized carbons (Fsp3) is 0.632. The molecule has 6 nitrogen and oxygen atoms in total. The summed E-state index contributed by atoms with van der Waals surface area (Å²) in [5, 5.41) is 13.1. The van der Waals surface area contributed by atoms with E-state index in [0.717, 1.165) is 19.4 Å². The maximum Gasteiger partial charge on any atom is 0.237 e. The maximum atomic E-state index is 12.3. The minimum Gasteiger partial charge on any atom is -0.389 e. The smallest absolute Gasteiger partial charge is 0.237 e. The van der Waals surface area contributed by atoms with Gasteiger partial charge in [-0.25, -0.2) is 0 Å². The van der Waals surface area contributed by atoms with Crippen LogP contribution in [-0.2, 0) is 27.2 Å². The molecule has 1 fully saturated rings. The van der Waals surface area contributed by atoms with E-state index in [1.165, 1.54) is 11.1 Å². The molecule has 0 aromatic heterocycles. The lowest BCUT2D eigenvalue weighted by molar-refractivity contribution is -0.127. The van der Waals surface area contributed by atoms with Crippen LogP contribution in [0, 0.1) is 0 Å². The predicted octanol–water partition coefficient (Wildman–Crippen LogP) is 0.716. The lowest BCUT2D eigenvalue weighted by Crippen LogP contribution is -2.52. The third kappa shape index (κ3) is 4.79. The molecular formula is C19H28N2O4. The second-order valence-corrected chi connectivity index (χ2v) is 6.86. The third-order valence-electron chi connectivity index (χ3n) is 4.98. The van der Waals surface area contributed by atoms with Crippen LogP contribution in [-0.4, -0.2) is 67.6 Å². The summed E-state index contributed by atoms with van der Waals surface area (Å²) in [7, 11) is 1.65. The Balaban J connectivity index is 1.55. The van der Waals surface area contributed by atoms with Crippen LogP contribution in [0.3, 0.4) is 0 Å². The Bertz CT molecular complexity index is 574. The van der Waals surface area contributed by atoms with Gasteiger partial charge in [-0.1, -0.05) is 24.3 Å². The van der Waals surface area contributed by atoms with Crippen LogP contribution in [0.5, 0.6) is 0 Å². The Morgan fingerprint density at radius 3 is 2.96 bits per heavy atom. The summed E-state index contributed by atoms with van der Waals surface area (Å²) in [6, 6.07) is 7.92. The van der Waals surface area contributed by atoms with Crippen molar-refractivity contribution in [3.63, 3.8) is 0 Å². The van der Waals surface area contributed by atoms with E-state index in [2.05, 4.69) is 17.4 Å². The number of amides is 1. The highest BCUT2D eigenvalue weighted by Crippen LogP contribution is 2.23. The van der Waals surface area contributed by atoms with Crippen LogP contribution in [0.25, 0.3) is 0 Å². The molecule has 0 radical (unpaired) electrons. The van der Waals surface area contributed by atoms with Crippen LogP contribution in [0.1, 0.15) is 24.0 Å². The lowest BCUT2D eigenvalue weighted by Gasteiger charge is -2.36. The van der Waals surface area contributed by atoms with Crippen molar-refractivity contribution in [1.82, 2.24) is 10.2 Å². The van der Waals surface area contributed by atoms with Gasteiger partial charge in [-0.15, -0.1) is 0 Å². The van der Waals surface area contributed by atoms with Crippen molar-refractivity contribution in [1.29, 1.82) is 0 Å². The molecule has 0 bridgehead atoms. The summed E-state index contributed by atoms with van der Waals surface area (Å²) < 4.78 is 11.1. The number of hydrogen-bond donors (Lipinski definition) is 2. The first-order chi connectivity index (χ1) is 12.2. The maximum absolute atomic E-state index is 12.3. The van der Waals surface area contributed by atoms with Crippen LogP contribution in [0.15, 0.2) is 24.3 Å². The molecule has 0 saturated carbocycles. The number of nitrogens with zero attached hydrogens (tertiary/aromatic N) is 1. The summed E-state index contributed by atoms with van der Waals surface area (Å²) >= 11 is 0. The van der Waals surface area contributed by atoms with Gasteiger partial charge in [0.15, 0.2) is 0 Å². The van der Waals surface area contributed by atoms with Crippen LogP contribution < -0.4 is 5.32 Å². The zero-order valence-corrected chi connectivity index (χ0v) is 14.8. The summed E-state index contributed by atoms with van der Waals surface area (Å²) in [4.78, 5) is 14.3. The molecular weight excluding hydrogens is 320 g/mol. The van der Waals surface area contributed by atoms with Gasteiger partial charge in [0.1, 0.15) is 0 Å². The molecule has 0 unspecified atom stereocenters. The van der Waals surface area contributed by atoms with Gasteiger partial charge in [-0.3, -0.25) is 9.69 Å². The standard InChI is InChI=1S/C19H28N2O4/c1-20-19(23)18-9-14-5-2-3-6-15(14)10-21(18)11-16(22)12-24-13-17-7-4-8-25-17/h2-3,5-6,16-18,22H,4,7-13H2,1H3,(H,20,23)/t16-,17-,18-/m0/s1. The van der Waals surface area contributed by atoms with E-state index in [-0.39, 0.29) is 24.7 Å². The van der Waals surface area contributed by atoms with Gasteiger partial charge in [0.2, 0.25) is 5.91 Å². The van der Waals surface area contributed by atoms with Gasteiger partial charge in [0, 0.05) is 26.7 Å². The molecule has 2 heterocycles. The monoisotopic (exact) mass is 348 g/mol. The van der Waals surface area contributed by atoms with E-state index in [4.69, 9.17) is 9.47 Å². The average molecular weight is 348 g/mol. The number of aliphatic hydroxyl groups is 1. The number of benzene rings is 1. The largest absolute Gasteiger partial charge is 0.389 e. The fourth-order valence-electron chi connectivity index (χ4n) is 3.63. The molecule has 138 valence electrons. The summed E-state index contributed by atoms with van der Waals surface area (Å²) in [6.45, 7) is 2.67. The third-order valence-corrected chi connectivity index (χ3v) is 4.98. The SMILES string of the molecule is CNC(=O)[C@@H]1Cc2ccccc2CN1C[C@H](O)COC[C@@H]1CCCO1. The Kier molecular flexibility index (Phi) is 6.42. The van der Waals surface area contributed by atoms with Gasteiger partial charge < -0.3 is 19.9 Å². The second-order valence-electron chi connectivity index (χ2n) is 6.86. The van der Waals surface area contributed by atoms with Crippen molar-refractivity contribution in [3.8, 4) is 0 Å². The van der Waals surface area contributed by atoms with Crippen molar-refractivity contribution in [2.45, 2.75) is 44.1 Å². The molecule has 1 aromatic rings. The zero-order valence-electron chi connectivity index (χ0n) is 14.8. The Labute approximate surface area is 149 Å². The molecule has 2 aliphatic heterocycles. The van der Waals surface area contributed by atoms with Crippen LogP contribution >= 0.6 is 0 Å². The van der Waals surface area contributed by atoms with Gasteiger partial charge in [0.05, 0.1) is 31.5 Å². The van der Waals surface area contributed by atoms with Gasteiger partial charge in [-0.2, -0.15) is 0 Å². The predicted molar refractivity (Wildman–Crippen MR) is 94.2 cm³/mol. The molecule has 2 aliphatic rings. The van der Waals surface area contributed by atoms with E-state index in [1.54, 1.807) is 7.05 Å². The van der Waals surface area contributed by atoms with E-state index in [9.17, 15) is 9.90 Å². The first-order valence-electron chi connectivity index (χ1n) is 9.07. The summed E-state index contributed by atoms with van der Waals surface area (Å²) in [6.07, 6.45) is 2.31. The minimum atomic E-state index is -0.626. The van der Waals surface area contributed by atoms with E-state index < -0.39 is 6.10 Å². The number of hydrogen-bond acceptors (Lipinski definition) is 5. The van der Waals surface area contributed by atoms with Gasteiger partial charge in [0.25, 0.3) is 0 Å². The van der Waals surface area contributed by atoms with Gasteiger partial charge >= 0.3 is 0 Å². The molecule has 0 spiro atoms. The topological polar surface area (TPSA) is 71.0 Å². The van der Waals surface area contributed by atoms with Crippen LogP contribution in [0.2, 0.25) is 0 Å². The molecule has 0 aliphatic carbocycles. The van der Waals surface area contributed by atoms with Crippen molar-refractivity contribution >= 4 is 5.91 Å². The number of carbonyl (C=O) groups is 1. The van der Waals surface area contributed by atoms with Crippen LogP contribution in [0.4, 0.5) is 0 Å². The lowest BCUT2D eigenvalue weighted by atomic mass is 9.93. The fourth-order valence-corrected chi connectivity index (χ4v) is 3.63. The molecule has 1 aromatic carbocycles. The minimum absolute atomic E-state index is 0.0121. The van der Waals surface area contributed by atoms with Crippen molar-refractivity contribution in [2.75, 3.05) is 33.4 Å². The first-order valence-corrected chi connectivity index (χ1v) is 9.07. The summed E-state index contributed by atoms with van der Waals surface area (Å²) in [5.74, 6) is -0.0121. The van der Waals surface area contributed by atoms with Gasteiger partial charge in [-0.05, 0) is 30.4 Å². The highest BCUT2D eigenvalue weighted by molar-refractivity contribution is 5.82. The van der Waals surface area contributed by atoms with E-state index in [0.29, 0.717) is 26.1 Å². The Morgan fingerprint density at radius 1 is 1.44 bits per heavy atom. The summed E-state index contributed by atoms with van der Waals surface area (Å²) in [5.41, 5.74) is 2.42. The highest BCUT2D eigenvalue weighted by Gasteiger charge is 2.32. The number of nitrogens with one attached hydrogen (secondary N) is 1. The molecule has 1 saturated heterocycles. The molecule has 3 rings (SSSR count). The normalized spacial score (nSPS) is 24.7. The molecule has 1 amide bonds.